The predicted octanol–water partition coefficient (Wildman–Crippen LogP) is 2.37. The first-order valence-electron chi connectivity index (χ1n) is 6.32. The van der Waals surface area contributed by atoms with E-state index in [4.69, 9.17) is 5.73 Å². The molecule has 1 heterocycles. The fourth-order valence-electron chi connectivity index (χ4n) is 1.89. The van der Waals surface area contributed by atoms with Gasteiger partial charge in [0.1, 0.15) is 11.4 Å². The number of hydrogen-bond donors (Lipinski definition) is 1. The predicted molar refractivity (Wildman–Crippen MR) is 74.2 cm³/mol. The Labute approximate surface area is 124 Å². The number of hydrogen-bond acceptors (Lipinski definition) is 1. The van der Waals surface area contributed by atoms with Crippen LogP contribution in [0.25, 0.3) is 0 Å². The normalized spacial score (nSPS) is 12.3. The maximum absolute atomic E-state index is 12.9. The van der Waals surface area contributed by atoms with Gasteiger partial charge in [-0.1, -0.05) is 23.8 Å². The molecule has 4 nitrogen and oxygen atoms in total. The SMILES string of the molecule is Cc1cccc(C(N)=NC(=O)c2c[nH+]ccc2C(F)(F)F)c1. The number of nitrogens with one attached hydrogen (secondary N) is 1. The molecule has 2 aromatic rings. The number of H-pyrrole nitrogens is 1. The van der Waals surface area contributed by atoms with Crippen molar-refractivity contribution in [3.05, 3.63) is 65.0 Å². The van der Waals surface area contributed by atoms with Crippen molar-refractivity contribution in [2.24, 2.45) is 10.7 Å². The number of amides is 1. The van der Waals surface area contributed by atoms with Crippen LogP contribution in [0.3, 0.4) is 0 Å². The van der Waals surface area contributed by atoms with Gasteiger partial charge in [-0.15, -0.1) is 0 Å². The number of aryl methyl sites for hydroxylation is 1. The van der Waals surface area contributed by atoms with Crippen LogP contribution < -0.4 is 10.7 Å². The third-order valence-corrected chi connectivity index (χ3v) is 2.94. The Hall–Kier alpha value is -2.70. The highest BCUT2D eigenvalue weighted by Crippen LogP contribution is 2.31. The van der Waals surface area contributed by atoms with Gasteiger partial charge in [-0.25, -0.2) is 4.98 Å². The molecule has 0 atom stereocenters. The summed E-state index contributed by atoms with van der Waals surface area (Å²) >= 11 is 0. The summed E-state index contributed by atoms with van der Waals surface area (Å²) in [7, 11) is 0. The minimum Gasteiger partial charge on any atom is -0.383 e. The zero-order valence-electron chi connectivity index (χ0n) is 11.6. The number of rotatable bonds is 2. The molecule has 0 saturated heterocycles. The molecule has 0 unspecified atom stereocenters. The van der Waals surface area contributed by atoms with Gasteiger partial charge in [0.05, 0.1) is 5.56 Å². The highest BCUT2D eigenvalue weighted by Gasteiger charge is 2.36. The van der Waals surface area contributed by atoms with E-state index in [1.165, 1.54) is 0 Å². The maximum Gasteiger partial charge on any atom is 0.417 e. The molecule has 0 saturated carbocycles. The van der Waals surface area contributed by atoms with Crippen molar-refractivity contribution in [3.8, 4) is 0 Å². The molecule has 0 aliphatic carbocycles. The molecule has 0 aliphatic rings. The summed E-state index contributed by atoms with van der Waals surface area (Å²) in [5, 5.41) is 0. The molecule has 7 heteroatoms. The number of alkyl halides is 3. The number of nitrogens with two attached hydrogens (primary N) is 1. The standard InChI is InChI=1S/C15H12F3N3O/c1-9-3-2-4-10(7-9)13(19)21-14(22)11-8-20-6-5-12(11)15(16,17)18/h2-8H,1H3,(H2,19,21,22)/p+1. The van der Waals surface area contributed by atoms with Crippen molar-refractivity contribution in [3.63, 3.8) is 0 Å². The smallest absolute Gasteiger partial charge is 0.383 e. The number of aromatic amines is 1. The molecule has 1 amide bonds. The van der Waals surface area contributed by atoms with Crippen LogP contribution in [0.4, 0.5) is 13.2 Å². The Morgan fingerprint density at radius 1 is 1.27 bits per heavy atom. The van der Waals surface area contributed by atoms with Crippen molar-refractivity contribution in [2.75, 3.05) is 0 Å². The van der Waals surface area contributed by atoms with Crippen molar-refractivity contribution >= 4 is 11.7 Å². The average Bonchev–Trinajstić information content (AvgIpc) is 2.46. The molecule has 0 radical (unpaired) electrons. The van der Waals surface area contributed by atoms with E-state index in [1.54, 1.807) is 18.2 Å². The number of carbonyl (C=O) groups excluding carboxylic acids is 1. The minimum absolute atomic E-state index is 0.134. The summed E-state index contributed by atoms with van der Waals surface area (Å²) in [6, 6.07) is 7.64. The highest BCUT2D eigenvalue weighted by atomic mass is 19.4. The van der Waals surface area contributed by atoms with Gasteiger partial charge in [0, 0.05) is 11.6 Å². The van der Waals surface area contributed by atoms with Crippen molar-refractivity contribution in [1.82, 2.24) is 0 Å². The first kappa shape index (κ1) is 15.7. The monoisotopic (exact) mass is 308 g/mol. The van der Waals surface area contributed by atoms with E-state index in [1.807, 2.05) is 13.0 Å². The lowest BCUT2D eigenvalue weighted by molar-refractivity contribution is -0.378. The third-order valence-electron chi connectivity index (χ3n) is 2.94. The number of aromatic nitrogens is 1. The number of benzene rings is 1. The fraction of sp³-hybridized carbons (Fsp3) is 0.133. The van der Waals surface area contributed by atoms with Crippen LogP contribution in [0.2, 0.25) is 0 Å². The van der Waals surface area contributed by atoms with Crippen LogP contribution in [0, 0.1) is 6.92 Å². The summed E-state index contributed by atoms with van der Waals surface area (Å²) < 4.78 is 38.6. The molecule has 114 valence electrons. The molecule has 1 aromatic carbocycles. The topological polar surface area (TPSA) is 69.6 Å². The number of nitrogens with zero attached hydrogens (tertiary/aromatic N) is 1. The van der Waals surface area contributed by atoms with Crippen LogP contribution in [-0.4, -0.2) is 11.7 Å². The molecular formula is C15H13F3N3O+. The van der Waals surface area contributed by atoms with E-state index in [0.717, 1.165) is 24.0 Å². The summed E-state index contributed by atoms with van der Waals surface area (Å²) in [6.07, 6.45) is -2.60. The number of aliphatic imine (C=N–C) groups is 1. The fourth-order valence-corrected chi connectivity index (χ4v) is 1.89. The maximum atomic E-state index is 12.9. The summed E-state index contributed by atoms with van der Waals surface area (Å²) in [5.41, 5.74) is 5.43. The Morgan fingerprint density at radius 3 is 2.64 bits per heavy atom. The van der Waals surface area contributed by atoms with Crippen molar-refractivity contribution < 1.29 is 22.9 Å². The van der Waals surface area contributed by atoms with E-state index >= 15 is 0 Å². The molecule has 0 fully saturated rings. The Kier molecular flexibility index (Phi) is 4.25. The first-order valence-corrected chi connectivity index (χ1v) is 6.32. The van der Waals surface area contributed by atoms with E-state index in [9.17, 15) is 18.0 Å². The van der Waals surface area contributed by atoms with Gasteiger partial charge < -0.3 is 5.73 Å². The van der Waals surface area contributed by atoms with Crippen molar-refractivity contribution in [2.45, 2.75) is 13.1 Å². The number of amidine groups is 1. The zero-order chi connectivity index (χ0) is 16.3. The van der Waals surface area contributed by atoms with Crippen LogP contribution >= 0.6 is 0 Å². The summed E-state index contributed by atoms with van der Waals surface area (Å²) in [4.78, 5) is 18.0. The minimum atomic E-state index is -4.65. The van der Waals surface area contributed by atoms with E-state index < -0.39 is 23.2 Å². The zero-order valence-corrected chi connectivity index (χ0v) is 11.6. The largest absolute Gasteiger partial charge is 0.417 e. The molecule has 2 rings (SSSR count). The van der Waals surface area contributed by atoms with Gasteiger partial charge in [-0.2, -0.15) is 18.2 Å². The molecule has 0 bridgehead atoms. The van der Waals surface area contributed by atoms with Gasteiger partial charge in [0.25, 0.3) is 5.91 Å². The quantitative estimate of drug-likeness (QED) is 0.683. The third kappa shape index (κ3) is 3.49. The lowest BCUT2D eigenvalue weighted by Crippen LogP contribution is -2.20. The van der Waals surface area contributed by atoms with Crippen LogP contribution in [0.15, 0.2) is 47.7 Å². The average molecular weight is 308 g/mol. The second-order valence-corrected chi connectivity index (χ2v) is 4.64. The highest BCUT2D eigenvalue weighted by molar-refractivity contribution is 6.09. The molecule has 22 heavy (non-hydrogen) atoms. The lowest BCUT2D eigenvalue weighted by atomic mass is 10.1. The number of halogens is 3. The Balaban J connectivity index is 2.39. The van der Waals surface area contributed by atoms with E-state index in [0.29, 0.717) is 5.56 Å². The van der Waals surface area contributed by atoms with Gasteiger partial charge in [-0.3, -0.25) is 4.79 Å². The van der Waals surface area contributed by atoms with Crippen LogP contribution in [0.1, 0.15) is 27.0 Å². The molecule has 3 N–H and O–H groups in total. The molecule has 1 aromatic heterocycles. The Morgan fingerprint density at radius 2 is 2.00 bits per heavy atom. The van der Waals surface area contributed by atoms with Crippen molar-refractivity contribution in [1.29, 1.82) is 0 Å². The van der Waals surface area contributed by atoms with Gasteiger partial charge >= 0.3 is 6.18 Å². The van der Waals surface area contributed by atoms with Crippen LogP contribution in [-0.2, 0) is 6.18 Å². The number of carbonyl (C=O) groups is 1. The van der Waals surface area contributed by atoms with Crippen LogP contribution in [0.5, 0.6) is 0 Å². The van der Waals surface area contributed by atoms with Gasteiger partial charge in [-0.05, 0) is 13.0 Å². The van der Waals surface area contributed by atoms with E-state index in [-0.39, 0.29) is 5.84 Å². The summed E-state index contributed by atoms with van der Waals surface area (Å²) in [6.45, 7) is 1.83. The lowest BCUT2D eigenvalue weighted by Gasteiger charge is -2.08. The molecule has 0 spiro atoms. The molecule has 0 aliphatic heterocycles. The Bertz CT molecular complexity index is 739. The second-order valence-electron chi connectivity index (χ2n) is 4.64. The molecular weight excluding hydrogens is 295 g/mol. The van der Waals surface area contributed by atoms with Gasteiger partial charge in [0.2, 0.25) is 0 Å². The number of pyridine rings is 1. The summed E-state index contributed by atoms with van der Waals surface area (Å²) in [5.74, 6) is -1.19. The second kappa shape index (κ2) is 5.97. The first-order chi connectivity index (χ1) is 10.3. The van der Waals surface area contributed by atoms with Gasteiger partial charge in [0.15, 0.2) is 12.4 Å². The van der Waals surface area contributed by atoms with E-state index in [2.05, 4.69) is 9.98 Å².